The minimum atomic E-state index is -4.50. The Morgan fingerprint density at radius 2 is 0.458 bits per heavy atom. The second-order valence-electron chi connectivity index (χ2n) is 40.0. The number of aromatic nitrogens is 15. The molecule has 0 aliphatic rings. The van der Waals surface area contributed by atoms with Crippen LogP contribution in [0.15, 0.2) is 231 Å². The number of benzene rings is 12. The van der Waals surface area contributed by atoms with Crippen LogP contribution >= 0.6 is 0 Å². The van der Waals surface area contributed by atoms with Gasteiger partial charge in [-0.2, -0.15) is 26.3 Å². The standard InChI is InChI=1S/C26H24F3N3O2.C25H25N3O2.C21H22F3N3O2.C20H23N3O2.C20H25N3O/c1-16(33)9-10-17-13-20(25(2,3)18-7-5-4-6-8-18)24(34)23(14-17)32-30-21-12-11-19(26(27,28)29)15-22(21)31-32;1-17(29)13-14-18-15-20(25(2,3)19-9-5-4-6-10-19)24(30)23(16-18)28-26-21-11-7-8-12-22(21)27-28;1-12(28)5-6-13-9-15(20(2,3)4)19(29)18(10-13)27-25-16-8-7-14(21(22,23)24)11-17(16)26-27;1-13(24)9-10-14-11-15(20(2,3)4)19(25)18(12-14)23-21-16-7-5-6-8-17(16)22-23;1-5-6-9-14-12-15(20(2,3)4)19(24)18(13-14)23-21-16-10-7-8-11-17(16)22-23/h4-8,11-15,34H,9-10H2,1-3H3;4-12,15-16,30H,13-14H2,1-3H3;7-11,29H,5-6H2,1-4H3;5-8,11-12,25H,9-10H2,1-4H3;7-8,10-13,24H,5-6,9H2,1-4H3. The van der Waals surface area contributed by atoms with Crippen LogP contribution in [-0.2, 0) is 90.7 Å². The van der Waals surface area contributed by atoms with Gasteiger partial charge in [-0.15, -0.1) is 75.0 Å². The van der Waals surface area contributed by atoms with Crippen molar-refractivity contribution in [2.24, 2.45) is 0 Å². The minimum Gasteiger partial charge on any atom is -0.505 e. The summed E-state index contributed by atoms with van der Waals surface area (Å²) in [6.07, 6.45) is -1.98. The molecular weight excluding hydrogens is 1810 g/mol. The van der Waals surface area contributed by atoms with Crippen molar-refractivity contribution in [2.45, 2.75) is 235 Å². The summed E-state index contributed by atoms with van der Waals surface area (Å²) in [5.74, 6) is 0.836. The number of hydrogen-bond acceptors (Lipinski definition) is 19. The van der Waals surface area contributed by atoms with Gasteiger partial charge in [-0.05, 0) is 225 Å². The van der Waals surface area contributed by atoms with E-state index >= 15 is 0 Å². The Morgan fingerprint density at radius 3 is 0.676 bits per heavy atom. The van der Waals surface area contributed by atoms with Crippen molar-refractivity contribution in [1.29, 1.82) is 0 Å². The predicted molar refractivity (Wildman–Crippen MR) is 541 cm³/mol. The first-order valence-corrected chi connectivity index (χ1v) is 47.1. The molecule has 5 aromatic heterocycles. The van der Waals surface area contributed by atoms with E-state index in [1.165, 1.54) is 41.1 Å². The van der Waals surface area contributed by atoms with Crippen molar-refractivity contribution in [3.63, 3.8) is 0 Å². The van der Waals surface area contributed by atoms with Crippen LogP contribution in [0, 0.1) is 0 Å². The molecule has 0 saturated heterocycles. The fourth-order valence-electron chi connectivity index (χ4n) is 16.5. The third-order valence-electron chi connectivity index (χ3n) is 24.7. The molecule has 17 aromatic rings. The molecule has 0 atom stereocenters. The van der Waals surface area contributed by atoms with Gasteiger partial charge in [0.15, 0.2) is 0 Å². The van der Waals surface area contributed by atoms with Crippen LogP contribution in [0.5, 0.6) is 28.7 Å². The number of aryl methyl sites for hydroxylation is 5. The van der Waals surface area contributed by atoms with E-state index in [1.807, 2.05) is 219 Å². The van der Waals surface area contributed by atoms with Crippen LogP contribution in [0.4, 0.5) is 26.3 Å². The third-order valence-corrected chi connectivity index (χ3v) is 24.7. The number of rotatable bonds is 24. The molecule has 5 heterocycles. The number of aromatic hydroxyl groups is 5. The van der Waals surface area contributed by atoms with Crippen LogP contribution in [0.2, 0.25) is 0 Å². The Bertz CT molecular complexity index is 7380. The van der Waals surface area contributed by atoms with Crippen LogP contribution in [0.25, 0.3) is 83.6 Å². The molecule has 12 aromatic carbocycles. The van der Waals surface area contributed by atoms with E-state index in [1.54, 1.807) is 30.8 Å². The lowest BCUT2D eigenvalue weighted by Crippen LogP contribution is -2.20. The molecular formula is C112H119F6N15O9. The molecule has 0 spiro atoms. The highest BCUT2D eigenvalue weighted by Gasteiger charge is 2.36. The number of hydrogen-bond donors (Lipinski definition) is 5. The monoisotopic (exact) mass is 1930 g/mol. The zero-order valence-corrected chi connectivity index (χ0v) is 83.1. The van der Waals surface area contributed by atoms with Gasteiger partial charge in [0, 0.05) is 64.3 Å². The molecule has 0 fully saturated rings. The van der Waals surface area contributed by atoms with Gasteiger partial charge in [-0.1, -0.05) is 231 Å². The van der Waals surface area contributed by atoms with E-state index in [-0.39, 0.29) is 96.2 Å². The lowest BCUT2D eigenvalue weighted by molar-refractivity contribution is -0.138. The Balaban J connectivity index is 0.000000150. The van der Waals surface area contributed by atoms with E-state index in [4.69, 9.17) is 0 Å². The van der Waals surface area contributed by atoms with E-state index < -0.39 is 39.7 Å². The second-order valence-corrected chi connectivity index (χ2v) is 40.0. The molecule has 738 valence electrons. The molecule has 0 saturated carbocycles. The van der Waals surface area contributed by atoms with Gasteiger partial charge >= 0.3 is 12.4 Å². The average Bonchev–Trinajstić information content (AvgIpc) is 1.67. The fourth-order valence-corrected chi connectivity index (χ4v) is 16.5. The molecule has 17 rings (SSSR count). The van der Waals surface area contributed by atoms with Crippen LogP contribution < -0.4 is 0 Å². The number of nitrogens with zero attached hydrogens (tertiary/aromatic N) is 15. The summed E-state index contributed by atoms with van der Waals surface area (Å²) < 4.78 is 78.3. The van der Waals surface area contributed by atoms with Crippen molar-refractivity contribution >= 4 is 78.3 Å². The van der Waals surface area contributed by atoms with Gasteiger partial charge in [0.05, 0.1) is 11.1 Å². The Hall–Kier alpha value is -15.1. The summed E-state index contributed by atoms with van der Waals surface area (Å²) in [5, 5.41) is 99.2. The maximum absolute atomic E-state index is 13.1. The van der Waals surface area contributed by atoms with Gasteiger partial charge < -0.3 is 44.7 Å². The molecule has 0 amide bonds. The molecule has 30 heteroatoms. The van der Waals surface area contributed by atoms with Crippen molar-refractivity contribution < 1.29 is 71.1 Å². The minimum absolute atomic E-state index is 0.0288. The number of ketones is 4. The zero-order chi connectivity index (χ0) is 103. The number of phenolic OH excluding ortho intramolecular Hbond substituents is 5. The first kappa shape index (κ1) is 104. The van der Waals surface area contributed by atoms with Crippen molar-refractivity contribution in [1.82, 2.24) is 75.0 Å². The number of alkyl halides is 6. The second kappa shape index (κ2) is 42.5. The smallest absolute Gasteiger partial charge is 0.416 e. The van der Waals surface area contributed by atoms with Crippen LogP contribution in [0.1, 0.15) is 241 Å². The molecule has 0 radical (unpaired) electrons. The number of unbranched alkanes of at least 4 members (excludes halogenated alkanes) is 1. The summed E-state index contributed by atoms with van der Waals surface area (Å²) >= 11 is 0. The Morgan fingerprint density at radius 1 is 0.254 bits per heavy atom. The number of phenols is 5. The highest BCUT2D eigenvalue weighted by molar-refractivity contribution is 5.81. The highest BCUT2D eigenvalue weighted by atomic mass is 19.4. The lowest BCUT2D eigenvalue weighted by Gasteiger charge is -2.28. The van der Waals surface area contributed by atoms with E-state index in [2.05, 4.69) is 111 Å². The van der Waals surface area contributed by atoms with Gasteiger partial charge in [0.1, 0.15) is 135 Å². The van der Waals surface area contributed by atoms with Crippen LogP contribution in [0.3, 0.4) is 0 Å². The first-order chi connectivity index (χ1) is 66.8. The van der Waals surface area contributed by atoms with Gasteiger partial charge in [-0.25, -0.2) is 0 Å². The quantitative estimate of drug-likeness (QED) is 0.0351. The van der Waals surface area contributed by atoms with E-state index in [0.29, 0.717) is 79.6 Å². The lowest BCUT2D eigenvalue weighted by atomic mass is 9.76. The molecule has 0 aliphatic heterocycles. The van der Waals surface area contributed by atoms with Gasteiger partial charge in [0.25, 0.3) is 0 Å². The maximum Gasteiger partial charge on any atom is 0.416 e. The summed E-state index contributed by atoms with van der Waals surface area (Å²) in [5.41, 5.74) is 14.8. The molecule has 142 heavy (non-hydrogen) atoms. The molecule has 5 N–H and O–H groups in total. The maximum atomic E-state index is 13.1. The molecule has 24 nitrogen and oxygen atoms in total. The third kappa shape index (κ3) is 24.8. The predicted octanol–water partition coefficient (Wildman–Crippen LogP) is 24.6. The number of halogens is 6. The number of fused-ring (bicyclic) bond motifs is 5. The highest BCUT2D eigenvalue weighted by Crippen LogP contribution is 2.46. The normalized spacial score (nSPS) is 12.1. The number of carbonyl (C=O) groups is 4. The molecule has 0 unspecified atom stereocenters. The Labute approximate surface area is 820 Å². The fraction of sp³-hybridized carbons (Fsp3) is 0.321. The van der Waals surface area contributed by atoms with E-state index in [9.17, 15) is 71.1 Å². The average molecular weight is 1930 g/mol. The first-order valence-electron chi connectivity index (χ1n) is 47.1. The summed E-state index contributed by atoms with van der Waals surface area (Å²) in [4.78, 5) is 52.7. The number of carbonyl (C=O) groups excluding carboxylic acids is 4. The summed E-state index contributed by atoms with van der Waals surface area (Å²) in [6, 6.07) is 67.9. The topological polar surface area (TPSA) is 323 Å². The van der Waals surface area contributed by atoms with Crippen molar-refractivity contribution in [3.05, 3.63) is 308 Å². The molecule has 0 aliphatic carbocycles. The summed E-state index contributed by atoms with van der Waals surface area (Å²) in [7, 11) is 0. The largest absolute Gasteiger partial charge is 0.505 e. The van der Waals surface area contributed by atoms with E-state index in [0.717, 1.165) is 136 Å². The Kier molecular flexibility index (Phi) is 31.2. The zero-order valence-electron chi connectivity index (χ0n) is 83.1. The summed E-state index contributed by atoms with van der Waals surface area (Å²) in [6.45, 7) is 34.8. The number of Topliss-reactive ketones (excluding diaryl/α,β-unsaturated/α-hetero) is 4. The SMILES string of the molecule is CC(=O)CCc1cc(-n2nc3ccc(C(F)(F)F)cc3n2)c(O)c(C(C)(C)C)c1.CC(=O)CCc1cc(-n2nc3ccc(C(F)(F)F)cc3n2)c(O)c(C(C)(C)c2ccccc2)c1.CC(=O)CCc1cc(-n2nc3ccccc3n2)c(O)c(C(C)(C)C)c1.CC(=O)CCc1cc(-n2nc3ccccc3n2)c(O)c(C(C)(C)c2ccccc2)c1.CCCCc1cc(-n2nc3ccccc3n2)c(O)c(C(C)(C)C)c1. The van der Waals surface area contributed by atoms with Crippen LogP contribution in [-0.4, -0.2) is 124 Å². The van der Waals surface area contributed by atoms with Crippen molar-refractivity contribution in [3.8, 4) is 57.2 Å². The van der Waals surface area contributed by atoms with Crippen molar-refractivity contribution in [2.75, 3.05) is 0 Å². The molecule has 0 bridgehead atoms. The van der Waals surface area contributed by atoms with Gasteiger partial charge in [0.2, 0.25) is 0 Å². The van der Waals surface area contributed by atoms with Gasteiger partial charge in [-0.3, -0.25) is 0 Å².